The summed E-state index contributed by atoms with van der Waals surface area (Å²) >= 11 is 0. The fraction of sp³-hybridized carbons (Fsp3) is 0.0952. The van der Waals surface area contributed by atoms with Crippen LogP contribution in [-0.4, -0.2) is 13.9 Å². The van der Waals surface area contributed by atoms with E-state index in [2.05, 4.69) is 6.07 Å². The predicted octanol–water partition coefficient (Wildman–Crippen LogP) is 4.64. The van der Waals surface area contributed by atoms with E-state index in [4.69, 9.17) is 14.2 Å². The molecule has 1 aliphatic rings. The topological polar surface area (TPSA) is 51.5 Å². The molecule has 0 bridgehead atoms. The Kier molecular flexibility index (Phi) is 3.75. The molecule has 0 aromatic heterocycles. The number of fused-ring (bicyclic) bond motifs is 2. The van der Waals surface area contributed by atoms with Gasteiger partial charge >= 0.3 is 0 Å². The number of allylic oxidation sites excluding steroid dienone is 1. The van der Waals surface area contributed by atoms with Gasteiger partial charge in [-0.1, -0.05) is 30.3 Å². The molecule has 0 unspecified atom stereocenters. The maximum Gasteiger partial charge on any atom is 0.231 e. The maximum atomic E-state index is 9.69. The summed E-state index contributed by atoms with van der Waals surface area (Å²) < 4.78 is 16.3. The number of hydrogen-bond acceptors (Lipinski definition) is 4. The van der Waals surface area contributed by atoms with Gasteiger partial charge < -0.3 is 14.2 Å². The Hall–Kier alpha value is -3.45. The Morgan fingerprint density at radius 1 is 1.08 bits per heavy atom. The third-order valence-electron chi connectivity index (χ3n) is 4.24. The van der Waals surface area contributed by atoms with Gasteiger partial charge in [0.2, 0.25) is 6.79 Å². The SMILES string of the molecule is COc1ccc2ccccc2c1/C=C(\C#N)c1ccc2c(c1)OCO2. The summed E-state index contributed by atoms with van der Waals surface area (Å²) in [5.41, 5.74) is 2.20. The average molecular weight is 329 g/mol. The number of hydrogen-bond donors (Lipinski definition) is 0. The number of nitrogens with zero attached hydrogens (tertiary/aromatic N) is 1. The van der Waals surface area contributed by atoms with E-state index in [0.29, 0.717) is 17.1 Å². The predicted molar refractivity (Wildman–Crippen MR) is 96.5 cm³/mol. The molecule has 0 fully saturated rings. The van der Waals surface area contributed by atoms with Crippen LogP contribution in [0.3, 0.4) is 0 Å². The van der Waals surface area contributed by atoms with Gasteiger partial charge in [-0.25, -0.2) is 0 Å². The van der Waals surface area contributed by atoms with Crippen LogP contribution in [0.5, 0.6) is 17.2 Å². The molecule has 0 N–H and O–H groups in total. The molecule has 4 nitrogen and oxygen atoms in total. The van der Waals surface area contributed by atoms with Crippen LogP contribution in [0.1, 0.15) is 11.1 Å². The molecule has 25 heavy (non-hydrogen) atoms. The third kappa shape index (κ3) is 2.66. The first-order valence-corrected chi connectivity index (χ1v) is 7.87. The van der Waals surface area contributed by atoms with Gasteiger partial charge in [-0.15, -0.1) is 0 Å². The molecule has 4 rings (SSSR count). The number of benzene rings is 3. The van der Waals surface area contributed by atoms with Crippen LogP contribution < -0.4 is 14.2 Å². The van der Waals surface area contributed by atoms with Crippen LogP contribution in [0.2, 0.25) is 0 Å². The molecule has 0 radical (unpaired) electrons. The van der Waals surface area contributed by atoms with E-state index in [-0.39, 0.29) is 6.79 Å². The van der Waals surface area contributed by atoms with Gasteiger partial charge in [0.25, 0.3) is 0 Å². The van der Waals surface area contributed by atoms with Crippen LogP contribution in [0.15, 0.2) is 54.6 Å². The van der Waals surface area contributed by atoms with Gasteiger partial charge in [0, 0.05) is 5.56 Å². The summed E-state index contributed by atoms with van der Waals surface area (Å²) in [4.78, 5) is 0. The number of ether oxygens (including phenoxy) is 3. The molecule has 0 aliphatic carbocycles. The van der Waals surface area contributed by atoms with Crippen LogP contribution in [0.25, 0.3) is 22.4 Å². The highest BCUT2D eigenvalue weighted by molar-refractivity contribution is 6.00. The summed E-state index contributed by atoms with van der Waals surface area (Å²) in [6, 6.07) is 19.8. The van der Waals surface area contributed by atoms with E-state index in [1.165, 1.54) is 0 Å². The number of rotatable bonds is 3. The van der Waals surface area contributed by atoms with Gasteiger partial charge in [-0.2, -0.15) is 5.26 Å². The minimum atomic E-state index is 0.210. The van der Waals surface area contributed by atoms with Gasteiger partial charge in [-0.3, -0.25) is 0 Å². The van der Waals surface area contributed by atoms with Gasteiger partial charge in [0.1, 0.15) is 5.75 Å². The summed E-state index contributed by atoms with van der Waals surface area (Å²) in [6.07, 6.45) is 1.86. The average Bonchev–Trinajstić information content (AvgIpc) is 3.13. The monoisotopic (exact) mass is 329 g/mol. The van der Waals surface area contributed by atoms with E-state index in [1.807, 2.05) is 60.7 Å². The molecule has 1 aliphatic heterocycles. The quantitative estimate of drug-likeness (QED) is 0.519. The van der Waals surface area contributed by atoms with Crippen LogP contribution >= 0.6 is 0 Å². The second kappa shape index (κ2) is 6.21. The minimum absolute atomic E-state index is 0.210. The first kappa shape index (κ1) is 15.1. The highest BCUT2D eigenvalue weighted by atomic mass is 16.7. The first-order chi connectivity index (χ1) is 12.3. The normalized spacial score (nSPS) is 12.9. The Labute approximate surface area is 145 Å². The molecule has 122 valence electrons. The second-order valence-electron chi connectivity index (χ2n) is 5.64. The Morgan fingerprint density at radius 3 is 2.76 bits per heavy atom. The van der Waals surface area contributed by atoms with Gasteiger partial charge in [0.05, 0.1) is 18.8 Å². The molecule has 1 heterocycles. The first-order valence-electron chi connectivity index (χ1n) is 7.87. The Morgan fingerprint density at radius 2 is 1.92 bits per heavy atom. The molecular formula is C21H15NO3. The van der Waals surface area contributed by atoms with E-state index in [9.17, 15) is 5.26 Å². The lowest BCUT2D eigenvalue weighted by molar-refractivity contribution is 0.174. The van der Waals surface area contributed by atoms with Crippen molar-refractivity contribution in [2.24, 2.45) is 0 Å². The van der Waals surface area contributed by atoms with Crippen molar-refractivity contribution in [2.45, 2.75) is 0 Å². The number of methoxy groups -OCH3 is 1. The molecule has 0 atom stereocenters. The smallest absolute Gasteiger partial charge is 0.231 e. The van der Waals surface area contributed by atoms with Crippen LogP contribution in [-0.2, 0) is 0 Å². The Bertz CT molecular complexity index is 1030. The minimum Gasteiger partial charge on any atom is -0.496 e. The lowest BCUT2D eigenvalue weighted by Gasteiger charge is -2.10. The molecule has 3 aromatic rings. The zero-order valence-electron chi connectivity index (χ0n) is 13.7. The zero-order chi connectivity index (χ0) is 17.2. The molecular weight excluding hydrogens is 314 g/mol. The fourth-order valence-electron chi connectivity index (χ4n) is 2.99. The van der Waals surface area contributed by atoms with Crippen LogP contribution in [0, 0.1) is 11.3 Å². The molecule has 4 heteroatoms. The van der Waals surface area contributed by atoms with Crippen LogP contribution in [0.4, 0.5) is 0 Å². The van der Waals surface area contributed by atoms with Crippen molar-refractivity contribution >= 4 is 22.4 Å². The van der Waals surface area contributed by atoms with E-state index >= 15 is 0 Å². The van der Waals surface area contributed by atoms with E-state index in [0.717, 1.165) is 27.6 Å². The highest BCUT2D eigenvalue weighted by Crippen LogP contribution is 2.36. The van der Waals surface area contributed by atoms with Crippen molar-refractivity contribution in [1.82, 2.24) is 0 Å². The summed E-state index contributed by atoms with van der Waals surface area (Å²) in [7, 11) is 1.63. The molecule has 0 spiro atoms. The zero-order valence-corrected chi connectivity index (χ0v) is 13.7. The second-order valence-corrected chi connectivity index (χ2v) is 5.64. The van der Waals surface area contributed by atoms with Gasteiger partial charge in [0.15, 0.2) is 11.5 Å². The molecule has 0 saturated carbocycles. The molecule has 0 amide bonds. The van der Waals surface area contributed by atoms with Crippen molar-refractivity contribution in [2.75, 3.05) is 13.9 Å². The largest absolute Gasteiger partial charge is 0.496 e. The van der Waals surface area contributed by atoms with Crippen molar-refractivity contribution in [3.8, 4) is 23.3 Å². The summed E-state index contributed by atoms with van der Waals surface area (Å²) in [6.45, 7) is 0.210. The fourth-order valence-corrected chi connectivity index (χ4v) is 2.99. The highest BCUT2D eigenvalue weighted by Gasteiger charge is 2.15. The third-order valence-corrected chi connectivity index (χ3v) is 4.24. The van der Waals surface area contributed by atoms with Crippen molar-refractivity contribution in [1.29, 1.82) is 5.26 Å². The van der Waals surface area contributed by atoms with E-state index in [1.54, 1.807) is 7.11 Å². The standard InChI is InChI=1S/C21H15NO3/c1-23-19-8-6-14-4-2-3-5-17(14)18(19)10-16(12-22)15-7-9-20-21(11-15)25-13-24-20/h2-11H,13H2,1H3/b16-10+. The van der Waals surface area contributed by atoms with Crippen molar-refractivity contribution in [3.05, 3.63) is 65.7 Å². The number of nitriles is 1. The summed E-state index contributed by atoms with van der Waals surface area (Å²) in [5.74, 6) is 2.08. The van der Waals surface area contributed by atoms with Crippen molar-refractivity contribution in [3.63, 3.8) is 0 Å². The summed E-state index contributed by atoms with van der Waals surface area (Å²) in [5, 5.41) is 11.8. The van der Waals surface area contributed by atoms with E-state index < -0.39 is 0 Å². The maximum absolute atomic E-state index is 9.69. The lowest BCUT2D eigenvalue weighted by atomic mass is 9.98. The van der Waals surface area contributed by atoms with Gasteiger partial charge in [-0.05, 0) is 46.7 Å². The molecule has 0 saturated heterocycles. The van der Waals surface area contributed by atoms with Crippen molar-refractivity contribution < 1.29 is 14.2 Å². The molecule has 3 aromatic carbocycles. The Balaban J connectivity index is 1.89. The lowest BCUT2D eigenvalue weighted by Crippen LogP contribution is -1.93.